The van der Waals surface area contributed by atoms with Gasteiger partial charge in [0.15, 0.2) is 5.78 Å². The molecule has 0 N–H and O–H groups in total. The number of allylic oxidation sites excluding steroid dienone is 2. The van der Waals surface area contributed by atoms with Crippen LogP contribution in [-0.4, -0.2) is 17.6 Å². The summed E-state index contributed by atoms with van der Waals surface area (Å²) in [6.45, 7) is 0. The molecule has 8 rings (SSSR count). The number of imide groups is 1. The average Bonchev–Trinajstić information content (AvgIpc) is 3.59. The number of anilines is 1. The van der Waals surface area contributed by atoms with Crippen molar-refractivity contribution < 1.29 is 14.4 Å². The van der Waals surface area contributed by atoms with Gasteiger partial charge >= 0.3 is 0 Å². The number of halogens is 1. The van der Waals surface area contributed by atoms with E-state index in [0.29, 0.717) is 21.8 Å². The van der Waals surface area contributed by atoms with E-state index in [-0.39, 0.29) is 5.78 Å². The normalized spacial score (nSPS) is 25.6. The minimum absolute atomic E-state index is 0.143. The summed E-state index contributed by atoms with van der Waals surface area (Å²) < 4.78 is 0. The number of amides is 2. The summed E-state index contributed by atoms with van der Waals surface area (Å²) in [6, 6.07) is 45.6. The van der Waals surface area contributed by atoms with E-state index in [1.54, 1.807) is 24.3 Å². The van der Waals surface area contributed by atoms with E-state index in [4.69, 9.17) is 11.6 Å². The second kappa shape index (κ2) is 9.73. The van der Waals surface area contributed by atoms with Crippen LogP contribution in [0.3, 0.4) is 0 Å². The lowest BCUT2D eigenvalue weighted by atomic mass is 9.59. The predicted octanol–water partition coefficient (Wildman–Crippen LogP) is 7.53. The molecular formula is C39H26ClNO3. The van der Waals surface area contributed by atoms with Crippen molar-refractivity contribution in [3.8, 4) is 0 Å². The summed E-state index contributed by atoms with van der Waals surface area (Å²) in [5.41, 5.74) is 2.09. The molecule has 212 valence electrons. The van der Waals surface area contributed by atoms with Crippen LogP contribution in [0.25, 0.3) is 11.1 Å². The van der Waals surface area contributed by atoms with Crippen molar-refractivity contribution in [2.24, 2.45) is 11.8 Å². The second-order valence-corrected chi connectivity index (χ2v) is 12.0. The first-order valence-corrected chi connectivity index (χ1v) is 15.1. The second-order valence-electron chi connectivity index (χ2n) is 11.6. The minimum Gasteiger partial charge on any atom is -0.297 e. The fourth-order valence-electron chi connectivity index (χ4n) is 8.20. The van der Waals surface area contributed by atoms with Gasteiger partial charge < -0.3 is 0 Å². The molecule has 0 radical (unpaired) electrons. The van der Waals surface area contributed by atoms with Gasteiger partial charge in [0.25, 0.3) is 0 Å². The Morgan fingerprint density at radius 2 is 0.841 bits per heavy atom. The number of rotatable bonds is 5. The van der Waals surface area contributed by atoms with E-state index < -0.39 is 34.5 Å². The van der Waals surface area contributed by atoms with Crippen LogP contribution in [0.15, 0.2) is 146 Å². The van der Waals surface area contributed by atoms with Crippen LogP contribution in [0.2, 0.25) is 5.02 Å². The van der Waals surface area contributed by atoms with Crippen molar-refractivity contribution in [3.05, 3.63) is 173 Å². The molecule has 0 spiro atoms. The number of fused-ring (bicyclic) bond motifs is 5. The Morgan fingerprint density at radius 1 is 0.477 bits per heavy atom. The molecule has 1 saturated carbocycles. The van der Waals surface area contributed by atoms with Crippen LogP contribution < -0.4 is 4.90 Å². The number of nitrogens with zero attached hydrogens (tertiary/aromatic N) is 1. The molecule has 5 aromatic rings. The van der Waals surface area contributed by atoms with Crippen LogP contribution in [0.5, 0.6) is 0 Å². The maximum atomic E-state index is 15.8. The third-order valence-electron chi connectivity index (χ3n) is 9.67. The first-order chi connectivity index (χ1) is 21.5. The molecule has 5 aromatic carbocycles. The number of para-hydroxylation sites is 1. The summed E-state index contributed by atoms with van der Waals surface area (Å²) in [5.74, 6) is -2.93. The summed E-state index contributed by atoms with van der Waals surface area (Å²) in [4.78, 5) is 46.9. The van der Waals surface area contributed by atoms with Crippen LogP contribution in [0, 0.1) is 11.8 Å². The van der Waals surface area contributed by atoms with Crippen molar-refractivity contribution >= 4 is 46.0 Å². The lowest BCUT2D eigenvalue weighted by Gasteiger charge is -2.39. The molecule has 1 aliphatic heterocycles. The monoisotopic (exact) mass is 591 g/mol. The molecule has 0 aromatic heterocycles. The summed E-state index contributed by atoms with van der Waals surface area (Å²) in [6.07, 6.45) is 0. The fraction of sp³-hybridized carbons (Fsp3) is 0.103. The highest BCUT2D eigenvalue weighted by atomic mass is 35.5. The SMILES string of the molecule is O=C1[C@H]2[C@H](C(=O)N1c1ccccc1Cl)[C@]1(c3ccccc3)C(=O)[C@]2(c2ccccc2)C(c2ccccc2)=C1c1ccccc1. The lowest BCUT2D eigenvalue weighted by molar-refractivity contribution is -0.130. The minimum atomic E-state index is -1.43. The number of ketones is 1. The molecule has 0 unspecified atom stereocenters. The number of benzene rings is 5. The topological polar surface area (TPSA) is 54.5 Å². The van der Waals surface area contributed by atoms with Gasteiger partial charge in [0.2, 0.25) is 11.8 Å². The zero-order chi connectivity index (χ0) is 30.1. The molecule has 2 aliphatic carbocycles. The van der Waals surface area contributed by atoms with Crippen molar-refractivity contribution in [3.63, 3.8) is 0 Å². The van der Waals surface area contributed by atoms with Crippen molar-refractivity contribution in [1.29, 1.82) is 0 Å². The van der Waals surface area contributed by atoms with Gasteiger partial charge in [-0.25, -0.2) is 4.90 Å². The maximum Gasteiger partial charge on any atom is 0.239 e. The first kappa shape index (κ1) is 26.6. The quantitative estimate of drug-likeness (QED) is 0.199. The predicted molar refractivity (Wildman–Crippen MR) is 172 cm³/mol. The fourth-order valence-corrected chi connectivity index (χ4v) is 8.42. The van der Waals surface area contributed by atoms with Crippen molar-refractivity contribution in [2.75, 3.05) is 4.90 Å². The van der Waals surface area contributed by atoms with E-state index in [0.717, 1.165) is 22.3 Å². The molecular weight excluding hydrogens is 566 g/mol. The standard InChI is InChI=1S/C39H26ClNO3/c40-29-23-13-14-24-30(29)41-35(42)33-34(36(41)43)39(28-21-11-4-12-22-28)32(26-17-7-2-8-18-26)31(25-15-5-1-6-16-25)38(33,37(39)44)27-19-9-3-10-20-27/h1-24,33-34H/t33-,34-,38-,39-/m1/s1. The molecule has 2 bridgehead atoms. The van der Waals surface area contributed by atoms with Gasteiger partial charge in [-0.15, -0.1) is 0 Å². The molecule has 4 nitrogen and oxygen atoms in total. The third-order valence-corrected chi connectivity index (χ3v) is 9.99. The van der Waals surface area contributed by atoms with Crippen LogP contribution >= 0.6 is 11.6 Å². The van der Waals surface area contributed by atoms with E-state index in [2.05, 4.69) is 0 Å². The molecule has 5 heteroatoms. The third kappa shape index (κ3) is 3.21. The first-order valence-electron chi connectivity index (χ1n) is 14.7. The molecule has 2 amide bonds. The zero-order valence-electron chi connectivity index (χ0n) is 23.6. The Bertz CT molecular complexity index is 1870. The van der Waals surface area contributed by atoms with Gasteiger partial charge in [0, 0.05) is 0 Å². The van der Waals surface area contributed by atoms with Gasteiger partial charge in [-0.3, -0.25) is 14.4 Å². The van der Waals surface area contributed by atoms with Gasteiger partial charge in [0.05, 0.1) is 33.4 Å². The Hall–Kier alpha value is -5.06. The molecule has 2 fully saturated rings. The van der Waals surface area contributed by atoms with Crippen molar-refractivity contribution in [2.45, 2.75) is 10.8 Å². The molecule has 3 aliphatic rings. The Kier molecular flexibility index (Phi) is 5.87. The number of hydrogen-bond donors (Lipinski definition) is 0. The highest BCUT2D eigenvalue weighted by Gasteiger charge is 2.82. The van der Waals surface area contributed by atoms with E-state index in [1.165, 1.54) is 4.90 Å². The largest absolute Gasteiger partial charge is 0.297 e. The summed E-state index contributed by atoms with van der Waals surface area (Å²) >= 11 is 6.64. The molecule has 4 atom stereocenters. The summed E-state index contributed by atoms with van der Waals surface area (Å²) in [7, 11) is 0. The highest BCUT2D eigenvalue weighted by Crippen LogP contribution is 2.74. The Labute approximate surface area is 260 Å². The lowest BCUT2D eigenvalue weighted by Crippen LogP contribution is -2.45. The molecule has 1 heterocycles. The van der Waals surface area contributed by atoms with E-state index in [1.807, 2.05) is 121 Å². The van der Waals surface area contributed by atoms with E-state index in [9.17, 15) is 9.59 Å². The van der Waals surface area contributed by atoms with Gasteiger partial charge in [-0.05, 0) is 45.5 Å². The van der Waals surface area contributed by atoms with Gasteiger partial charge in [-0.2, -0.15) is 0 Å². The van der Waals surface area contributed by atoms with Gasteiger partial charge in [-0.1, -0.05) is 145 Å². The number of hydrogen-bond acceptors (Lipinski definition) is 3. The zero-order valence-corrected chi connectivity index (χ0v) is 24.3. The number of Topliss-reactive ketones (excluding diaryl/α,β-unsaturated/α-hetero) is 1. The van der Waals surface area contributed by atoms with Gasteiger partial charge in [0.1, 0.15) is 0 Å². The Morgan fingerprint density at radius 3 is 1.25 bits per heavy atom. The highest BCUT2D eigenvalue weighted by molar-refractivity contribution is 6.41. The molecule has 44 heavy (non-hydrogen) atoms. The van der Waals surface area contributed by atoms with Crippen LogP contribution in [0.4, 0.5) is 5.69 Å². The average molecular weight is 592 g/mol. The number of carbonyl (C=O) groups excluding carboxylic acids is 3. The van der Waals surface area contributed by atoms with Crippen LogP contribution in [0.1, 0.15) is 22.3 Å². The molecule has 1 saturated heterocycles. The van der Waals surface area contributed by atoms with Crippen molar-refractivity contribution in [1.82, 2.24) is 0 Å². The smallest absolute Gasteiger partial charge is 0.239 e. The number of carbonyl (C=O) groups is 3. The maximum absolute atomic E-state index is 15.8. The van der Waals surface area contributed by atoms with Crippen LogP contribution in [-0.2, 0) is 25.2 Å². The summed E-state index contributed by atoms with van der Waals surface area (Å²) in [5, 5.41) is 0.301. The Balaban J connectivity index is 1.57. The van der Waals surface area contributed by atoms with E-state index >= 15 is 4.79 Å².